The summed E-state index contributed by atoms with van der Waals surface area (Å²) >= 11 is 4.93. The summed E-state index contributed by atoms with van der Waals surface area (Å²) in [7, 11) is 1.26. The molecule has 0 aromatic carbocycles. The van der Waals surface area contributed by atoms with Gasteiger partial charge < -0.3 is 4.74 Å². The zero-order valence-electron chi connectivity index (χ0n) is 8.84. The number of esters is 1. The topological polar surface area (TPSA) is 39.2 Å². The van der Waals surface area contributed by atoms with Gasteiger partial charge in [0.05, 0.1) is 19.2 Å². The molecule has 0 saturated carbocycles. The van der Waals surface area contributed by atoms with Crippen molar-refractivity contribution in [3.05, 3.63) is 26.6 Å². The van der Waals surface area contributed by atoms with Crippen LogP contribution in [0, 0.1) is 3.57 Å². The second-order valence-electron chi connectivity index (χ2n) is 3.16. The normalized spacial score (nSPS) is 10.7. The number of carbonyl (C=O) groups is 1. The lowest BCUT2D eigenvalue weighted by Crippen LogP contribution is -2.09. The Kier molecular flexibility index (Phi) is 5.71. The summed E-state index contributed by atoms with van der Waals surface area (Å²) in [5.74, 6) is -0.463. The van der Waals surface area contributed by atoms with E-state index in [4.69, 9.17) is 0 Å². The monoisotopic (exact) mass is 419 g/mol. The highest BCUT2D eigenvalue weighted by molar-refractivity contribution is 14.1. The first-order valence-electron chi connectivity index (χ1n) is 4.58. The van der Waals surface area contributed by atoms with Gasteiger partial charge in [-0.05, 0) is 34.2 Å². The molecule has 1 rings (SSSR count). The van der Waals surface area contributed by atoms with Crippen LogP contribution in [0.4, 0.5) is 8.78 Å². The number of alkyl halides is 3. The Bertz CT molecular complexity index is 429. The van der Waals surface area contributed by atoms with E-state index in [1.807, 2.05) is 0 Å². The molecule has 0 spiro atoms. The molecule has 0 aliphatic carbocycles. The summed E-state index contributed by atoms with van der Waals surface area (Å²) in [6.07, 6.45) is -2.69. The maximum atomic E-state index is 12.7. The van der Waals surface area contributed by atoms with Crippen LogP contribution in [0.3, 0.4) is 0 Å². The third-order valence-electron chi connectivity index (χ3n) is 2.02. The van der Waals surface area contributed by atoms with E-state index >= 15 is 0 Å². The molecule has 0 N–H and O–H groups in total. The Morgan fingerprint density at radius 1 is 1.65 bits per heavy atom. The number of rotatable bonds is 4. The Morgan fingerprint density at radius 3 is 2.76 bits per heavy atom. The smallest absolute Gasteiger partial charge is 0.310 e. The van der Waals surface area contributed by atoms with E-state index in [-0.39, 0.29) is 12.1 Å². The van der Waals surface area contributed by atoms with Crippen LogP contribution in [0.15, 0.2) is 6.07 Å². The molecule has 1 aromatic heterocycles. The largest absolute Gasteiger partial charge is 0.469 e. The molecular weight excluding hydrogens is 411 g/mol. The zero-order chi connectivity index (χ0) is 13.0. The van der Waals surface area contributed by atoms with Crippen molar-refractivity contribution in [1.29, 1.82) is 0 Å². The highest BCUT2D eigenvalue weighted by Crippen LogP contribution is 2.27. The highest BCUT2D eigenvalue weighted by atomic mass is 127. The molecule has 0 radical (unpaired) electrons. The van der Waals surface area contributed by atoms with Crippen LogP contribution in [-0.4, -0.2) is 18.1 Å². The van der Waals surface area contributed by atoms with Crippen LogP contribution >= 0.6 is 38.5 Å². The van der Waals surface area contributed by atoms with Gasteiger partial charge in [0.15, 0.2) is 0 Å². The molecule has 0 aliphatic rings. The molecule has 0 aliphatic heterocycles. The van der Waals surface area contributed by atoms with Gasteiger partial charge in [-0.2, -0.15) is 0 Å². The van der Waals surface area contributed by atoms with Crippen LogP contribution in [0.2, 0.25) is 0 Å². The van der Waals surface area contributed by atoms with E-state index in [1.54, 1.807) is 28.7 Å². The number of aromatic nitrogens is 1. The summed E-state index contributed by atoms with van der Waals surface area (Å²) in [6, 6.07) is 1.62. The van der Waals surface area contributed by atoms with E-state index in [1.165, 1.54) is 7.11 Å². The van der Waals surface area contributed by atoms with Gasteiger partial charge in [-0.25, -0.2) is 13.8 Å². The first-order valence-corrected chi connectivity index (χ1v) is 6.78. The van der Waals surface area contributed by atoms with Crippen LogP contribution in [0.5, 0.6) is 0 Å². The molecule has 0 unspecified atom stereocenters. The second kappa shape index (κ2) is 6.58. The molecule has 94 valence electrons. The minimum absolute atomic E-state index is 0.0307. The van der Waals surface area contributed by atoms with Crippen molar-refractivity contribution in [1.82, 2.24) is 4.98 Å². The van der Waals surface area contributed by atoms with Crippen molar-refractivity contribution in [2.45, 2.75) is 18.2 Å². The number of pyridine rings is 1. The Hall–Kier alpha value is -0.310. The molecule has 1 aromatic rings. The van der Waals surface area contributed by atoms with E-state index < -0.39 is 12.4 Å². The predicted molar refractivity (Wildman–Crippen MR) is 70.3 cm³/mol. The molecule has 0 fully saturated rings. The minimum atomic E-state index is -2.66. The summed E-state index contributed by atoms with van der Waals surface area (Å²) < 4.78 is 30.3. The van der Waals surface area contributed by atoms with Gasteiger partial charge in [-0.15, -0.1) is 0 Å². The van der Waals surface area contributed by atoms with Gasteiger partial charge >= 0.3 is 5.97 Å². The van der Waals surface area contributed by atoms with Crippen LogP contribution in [0.1, 0.15) is 23.4 Å². The van der Waals surface area contributed by atoms with Crippen molar-refractivity contribution in [2.24, 2.45) is 0 Å². The van der Waals surface area contributed by atoms with Gasteiger partial charge in [0.25, 0.3) is 6.43 Å². The third kappa shape index (κ3) is 3.84. The number of nitrogens with zero attached hydrogens (tertiary/aromatic N) is 1. The van der Waals surface area contributed by atoms with Gasteiger partial charge in [0, 0.05) is 8.90 Å². The molecule has 7 heteroatoms. The highest BCUT2D eigenvalue weighted by Gasteiger charge is 2.19. The quantitative estimate of drug-likeness (QED) is 0.427. The number of ether oxygens (including phenoxy) is 1. The van der Waals surface area contributed by atoms with Gasteiger partial charge in [-0.3, -0.25) is 4.79 Å². The fourth-order valence-electron chi connectivity index (χ4n) is 1.23. The average molecular weight is 420 g/mol. The Morgan fingerprint density at radius 2 is 2.29 bits per heavy atom. The van der Waals surface area contributed by atoms with E-state index in [9.17, 15) is 13.6 Å². The molecule has 0 atom stereocenters. The number of hydrogen-bond donors (Lipinski definition) is 0. The van der Waals surface area contributed by atoms with Crippen molar-refractivity contribution in [3.63, 3.8) is 0 Å². The SMILES string of the molecule is COC(=O)Cc1cc(CBr)nc(C(F)F)c1I. The van der Waals surface area contributed by atoms with Crippen LogP contribution in [-0.2, 0) is 21.3 Å². The maximum absolute atomic E-state index is 12.7. The maximum Gasteiger partial charge on any atom is 0.310 e. The Balaban J connectivity index is 3.19. The van der Waals surface area contributed by atoms with Gasteiger partial charge in [-0.1, -0.05) is 15.9 Å². The lowest BCUT2D eigenvalue weighted by molar-refractivity contribution is -0.139. The van der Waals surface area contributed by atoms with Crippen molar-refractivity contribution >= 4 is 44.5 Å². The number of hydrogen-bond acceptors (Lipinski definition) is 3. The predicted octanol–water partition coefficient (Wildman–Crippen LogP) is 3.23. The standard InChI is InChI=1S/C10H9BrF2INO2/c1-17-7(16)3-5-2-6(4-11)15-9(8(5)14)10(12)13/h2,10H,3-4H2,1H3. The minimum Gasteiger partial charge on any atom is -0.469 e. The molecular formula is C10H9BrF2INO2. The lowest BCUT2D eigenvalue weighted by atomic mass is 10.1. The molecule has 0 amide bonds. The van der Waals surface area contributed by atoms with Crippen LogP contribution < -0.4 is 0 Å². The zero-order valence-corrected chi connectivity index (χ0v) is 12.6. The fraction of sp³-hybridized carbons (Fsp3) is 0.400. The van der Waals surface area contributed by atoms with E-state index in [2.05, 4.69) is 25.7 Å². The number of carbonyl (C=O) groups excluding carboxylic acids is 1. The summed E-state index contributed by atoms with van der Waals surface area (Å²) in [5.41, 5.74) is 0.693. The van der Waals surface area contributed by atoms with Crippen LogP contribution in [0.25, 0.3) is 0 Å². The van der Waals surface area contributed by atoms with Gasteiger partial charge in [0.1, 0.15) is 5.69 Å². The summed E-state index contributed by atoms with van der Waals surface area (Å²) in [4.78, 5) is 15.0. The summed E-state index contributed by atoms with van der Waals surface area (Å²) in [5, 5.41) is 0.359. The molecule has 0 bridgehead atoms. The molecule has 3 nitrogen and oxygen atoms in total. The molecule has 1 heterocycles. The number of methoxy groups -OCH3 is 1. The number of halogens is 4. The summed E-state index contributed by atoms with van der Waals surface area (Å²) in [6.45, 7) is 0. The van der Waals surface area contributed by atoms with Crippen molar-refractivity contribution in [3.8, 4) is 0 Å². The van der Waals surface area contributed by atoms with E-state index in [0.717, 1.165) is 0 Å². The molecule has 17 heavy (non-hydrogen) atoms. The lowest BCUT2D eigenvalue weighted by Gasteiger charge is -2.10. The molecule has 0 saturated heterocycles. The first kappa shape index (κ1) is 14.7. The fourth-order valence-corrected chi connectivity index (χ4v) is 2.22. The van der Waals surface area contributed by atoms with Crippen molar-refractivity contribution < 1.29 is 18.3 Å². The third-order valence-corrected chi connectivity index (χ3v) is 3.84. The van der Waals surface area contributed by atoms with Crippen molar-refractivity contribution in [2.75, 3.05) is 7.11 Å². The first-order chi connectivity index (χ1) is 7.99. The second-order valence-corrected chi connectivity index (χ2v) is 4.80. The van der Waals surface area contributed by atoms with Gasteiger partial charge in [0.2, 0.25) is 0 Å². The Labute approximate surface area is 119 Å². The van der Waals surface area contributed by atoms with E-state index in [0.29, 0.717) is 20.2 Å². The average Bonchev–Trinajstić information content (AvgIpc) is 2.31.